The second-order valence-corrected chi connectivity index (χ2v) is 6.25. The number of aromatic nitrogens is 3. The van der Waals surface area contributed by atoms with Gasteiger partial charge in [0, 0.05) is 0 Å². The van der Waals surface area contributed by atoms with E-state index >= 15 is 0 Å². The second-order valence-electron chi connectivity index (χ2n) is 4.34. The Balaban J connectivity index is 2.00. The van der Waals surface area contributed by atoms with Crippen molar-refractivity contribution in [3.63, 3.8) is 0 Å². The van der Waals surface area contributed by atoms with E-state index in [9.17, 15) is 9.59 Å². The van der Waals surface area contributed by atoms with Gasteiger partial charge < -0.3 is 0 Å². The summed E-state index contributed by atoms with van der Waals surface area (Å²) in [5.41, 5.74) is 0.360. The Morgan fingerprint density at radius 2 is 2.00 bits per heavy atom. The minimum Gasteiger partial charge on any atom is -0.285 e. The highest BCUT2D eigenvalue weighted by Gasteiger charge is 2.17. The maximum Gasteiger partial charge on any atom is 0.281 e. The van der Waals surface area contributed by atoms with Crippen molar-refractivity contribution in [1.82, 2.24) is 14.6 Å². The van der Waals surface area contributed by atoms with Crippen LogP contribution in [-0.4, -0.2) is 20.4 Å². The maximum atomic E-state index is 12.3. The first kappa shape index (κ1) is 12.4. The minimum atomic E-state index is -0.302. The molecule has 4 rings (SSSR count). The Labute approximate surface area is 126 Å². The highest BCUT2D eigenvalue weighted by Crippen LogP contribution is 2.21. The summed E-state index contributed by atoms with van der Waals surface area (Å²) in [5, 5.41) is 7.00. The molecule has 0 N–H and O–H groups in total. The normalized spacial score (nSPS) is 11.2. The lowest BCUT2D eigenvalue weighted by Gasteiger charge is -1.97. The Bertz CT molecular complexity index is 1030. The van der Waals surface area contributed by atoms with Crippen molar-refractivity contribution in [2.75, 3.05) is 0 Å². The van der Waals surface area contributed by atoms with Gasteiger partial charge in [-0.3, -0.25) is 9.59 Å². The molecule has 0 atom stereocenters. The summed E-state index contributed by atoms with van der Waals surface area (Å²) in [6, 6.07) is 10.7. The third-order valence-corrected chi connectivity index (χ3v) is 4.83. The fourth-order valence-electron chi connectivity index (χ4n) is 2.10. The smallest absolute Gasteiger partial charge is 0.281 e. The van der Waals surface area contributed by atoms with E-state index in [1.54, 1.807) is 28.8 Å². The van der Waals surface area contributed by atoms with Crippen molar-refractivity contribution in [1.29, 1.82) is 0 Å². The van der Waals surface area contributed by atoms with Crippen LogP contribution in [0.25, 0.3) is 15.9 Å². The summed E-state index contributed by atoms with van der Waals surface area (Å²) in [6.45, 7) is 0. The van der Waals surface area contributed by atoms with Crippen molar-refractivity contribution in [3.8, 4) is 0 Å². The molecule has 3 heterocycles. The number of ketones is 1. The number of rotatable bonds is 2. The first-order chi connectivity index (χ1) is 10.2. The van der Waals surface area contributed by atoms with E-state index in [-0.39, 0.29) is 11.3 Å². The first-order valence-corrected chi connectivity index (χ1v) is 7.80. The molecular formula is C14H7N3O2S2. The fourth-order valence-corrected chi connectivity index (χ4v) is 3.68. The van der Waals surface area contributed by atoms with Crippen molar-refractivity contribution >= 4 is 44.3 Å². The summed E-state index contributed by atoms with van der Waals surface area (Å²) < 4.78 is 1.56. The molecule has 5 nitrogen and oxygen atoms in total. The van der Waals surface area contributed by atoms with Crippen molar-refractivity contribution in [2.24, 2.45) is 0 Å². The molecule has 7 heteroatoms. The molecule has 0 aliphatic rings. The molecule has 0 spiro atoms. The number of carbonyl (C=O) groups excluding carboxylic acids is 1. The number of para-hydroxylation sites is 1. The monoisotopic (exact) mass is 313 g/mol. The predicted octanol–water partition coefficient (Wildman–Crippen LogP) is 2.60. The SMILES string of the molecule is O=C(c1cccs1)c1nn2c(nc(=O)c3ccccc32)s1. The molecule has 1 aromatic carbocycles. The fraction of sp³-hybridized carbons (Fsp3) is 0. The van der Waals surface area contributed by atoms with Crippen LogP contribution in [0, 0.1) is 0 Å². The topological polar surface area (TPSA) is 64.3 Å². The van der Waals surface area contributed by atoms with Crippen LogP contribution in [0.5, 0.6) is 0 Å². The molecule has 0 aliphatic heterocycles. The van der Waals surface area contributed by atoms with Crippen LogP contribution in [0.2, 0.25) is 0 Å². The molecule has 4 aromatic rings. The van der Waals surface area contributed by atoms with Gasteiger partial charge in [0.25, 0.3) is 5.56 Å². The highest BCUT2D eigenvalue weighted by atomic mass is 32.1. The number of hydrogen-bond donors (Lipinski definition) is 0. The maximum absolute atomic E-state index is 12.3. The van der Waals surface area contributed by atoms with Gasteiger partial charge >= 0.3 is 0 Å². The Kier molecular flexibility index (Phi) is 2.69. The van der Waals surface area contributed by atoms with Crippen LogP contribution in [0.3, 0.4) is 0 Å². The summed E-state index contributed by atoms with van der Waals surface area (Å²) in [4.78, 5) is 29.4. The zero-order valence-electron chi connectivity index (χ0n) is 10.5. The van der Waals surface area contributed by atoms with Gasteiger partial charge in [0.2, 0.25) is 10.7 Å². The number of hydrogen-bond acceptors (Lipinski definition) is 6. The number of thiophene rings is 1. The van der Waals surface area contributed by atoms with E-state index in [1.807, 2.05) is 17.5 Å². The van der Waals surface area contributed by atoms with Gasteiger partial charge in [-0.05, 0) is 23.6 Å². The Morgan fingerprint density at radius 1 is 1.14 bits per heavy atom. The van der Waals surface area contributed by atoms with Crippen LogP contribution < -0.4 is 5.56 Å². The average Bonchev–Trinajstić information content (AvgIpc) is 3.16. The Hall–Kier alpha value is -2.38. The lowest BCUT2D eigenvalue weighted by molar-refractivity contribution is 0.104. The van der Waals surface area contributed by atoms with E-state index in [4.69, 9.17) is 0 Å². The van der Waals surface area contributed by atoms with Gasteiger partial charge in [-0.25, -0.2) is 4.52 Å². The van der Waals surface area contributed by atoms with E-state index in [1.165, 1.54) is 11.3 Å². The van der Waals surface area contributed by atoms with E-state index < -0.39 is 0 Å². The molecule has 0 amide bonds. The van der Waals surface area contributed by atoms with Crippen LogP contribution in [-0.2, 0) is 0 Å². The molecule has 0 bridgehead atoms. The predicted molar refractivity (Wildman–Crippen MR) is 82.4 cm³/mol. The summed E-state index contributed by atoms with van der Waals surface area (Å²) in [6.07, 6.45) is 0. The Morgan fingerprint density at radius 3 is 2.81 bits per heavy atom. The average molecular weight is 313 g/mol. The van der Waals surface area contributed by atoms with Gasteiger partial charge in [-0.15, -0.1) is 11.3 Å². The van der Waals surface area contributed by atoms with Gasteiger partial charge in [-0.2, -0.15) is 10.1 Å². The van der Waals surface area contributed by atoms with Gasteiger partial charge in [0.1, 0.15) is 0 Å². The molecule has 0 unspecified atom stereocenters. The third-order valence-electron chi connectivity index (χ3n) is 3.06. The molecule has 102 valence electrons. The molecule has 21 heavy (non-hydrogen) atoms. The molecule has 0 saturated carbocycles. The quantitative estimate of drug-likeness (QED) is 0.534. The van der Waals surface area contributed by atoms with Crippen molar-refractivity contribution < 1.29 is 4.79 Å². The van der Waals surface area contributed by atoms with Gasteiger partial charge in [0.05, 0.1) is 15.8 Å². The van der Waals surface area contributed by atoms with E-state index in [0.717, 1.165) is 11.3 Å². The first-order valence-electron chi connectivity index (χ1n) is 6.11. The third kappa shape index (κ3) is 1.90. The molecular weight excluding hydrogens is 306 g/mol. The lowest BCUT2D eigenvalue weighted by atomic mass is 10.2. The van der Waals surface area contributed by atoms with Crippen molar-refractivity contribution in [3.05, 3.63) is 62.0 Å². The van der Waals surface area contributed by atoms with Gasteiger partial charge in [0.15, 0.2) is 5.01 Å². The van der Waals surface area contributed by atoms with Crippen LogP contribution in [0.15, 0.2) is 46.6 Å². The molecule has 0 aliphatic carbocycles. The van der Waals surface area contributed by atoms with E-state index in [2.05, 4.69) is 10.1 Å². The standard InChI is InChI=1S/C14H7N3O2S2/c18-11(10-6-3-7-20-10)13-16-17-9-5-2-1-4-8(9)12(19)15-14(17)21-13/h1-7H. The minimum absolute atomic E-state index is 0.142. The van der Waals surface area contributed by atoms with Crippen LogP contribution in [0.4, 0.5) is 0 Å². The summed E-state index contributed by atoms with van der Waals surface area (Å²) in [7, 11) is 0. The van der Waals surface area contributed by atoms with Crippen LogP contribution >= 0.6 is 22.7 Å². The molecule has 0 radical (unpaired) electrons. The zero-order valence-corrected chi connectivity index (χ0v) is 12.1. The number of benzene rings is 1. The lowest BCUT2D eigenvalue weighted by Crippen LogP contribution is -2.09. The van der Waals surface area contributed by atoms with Gasteiger partial charge in [-0.1, -0.05) is 29.5 Å². The van der Waals surface area contributed by atoms with E-state index in [0.29, 0.717) is 25.7 Å². The van der Waals surface area contributed by atoms with Crippen molar-refractivity contribution in [2.45, 2.75) is 0 Å². The zero-order chi connectivity index (χ0) is 14.4. The van der Waals surface area contributed by atoms with Crippen LogP contribution in [0.1, 0.15) is 14.7 Å². The number of carbonyl (C=O) groups is 1. The highest BCUT2D eigenvalue weighted by molar-refractivity contribution is 7.20. The molecule has 0 saturated heterocycles. The summed E-state index contributed by atoms with van der Waals surface area (Å²) in [5.74, 6) is -0.142. The summed E-state index contributed by atoms with van der Waals surface area (Å²) >= 11 is 2.50. The number of nitrogens with zero attached hydrogens (tertiary/aromatic N) is 3. The number of fused-ring (bicyclic) bond motifs is 3. The molecule has 3 aromatic heterocycles. The largest absolute Gasteiger partial charge is 0.285 e. The molecule has 0 fully saturated rings. The second kappa shape index (κ2) is 4.57.